The molecule has 1 aromatic heterocycles. The molecule has 5 nitrogen and oxygen atoms in total. The van der Waals surface area contributed by atoms with E-state index in [0.717, 1.165) is 11.0 Å². The monoisotopic (exact) mass is 336 g/mol. The van der Waals surface area contributed by atoms with Crippen molar-refractivity contribution in [2.75, 3.05) is 5.32 Å². The highest BCUT2D eigenvalue weighted by molar-refractivity contribution is 8.00. The van der Waals surface area contributed by atoms with E-state index in [1.807, 2.05) is 24.6 Å². The third kappa shape index (κ3) is 3.44. The first-order valence-corrected chi connectivity index (χ1v) is 8.42. The van der Waals surface area contributed by atoms with E-state index < -0.39 is 0 Å². The van der Waals surface area contributed by atoms with Gasteiger partial charge in [0, 0.05) is 23.7 Å². The number of carbonyl (C=O) groups is 1. The van der Waals surface area contributed by atoms with Gasteiger partial charge in [-0.1, -0.05) is 29.4 Å². The molecule has 0 bridgehead atoms. The maximum absolute atomic E-state index is 12.3. The van der Waals surface area contributed by atoms with Crippen molar-refractivity contribution in [1.29, 1.82) is 0 Å². The molecular formula is C15H17ClN4OS. The molecular weight excluding hydrogens is 320 g/mol. The van der Waals surface area contributed by atoms with Crippen LogP contribution >= 0.6 is 23.4 Å². The lowest BCUT2D eigenvalue weighted by Gasteiger charge is -2.11. The summed E-state index contributed by atoms with van der Waals surface area (Å²) in [7, 11) is 1.96. The Hall–Kier alpha value is -1.53. The van der Waals surface area contributed by atoms with Crippen LogP contribution < -0.4 is 5.32 Å². The first kappa shape index (κ1) is 15.4. The van der Waals surface area contributed by atoms with Gasteiger partial charge >= 0.3 is 0 Å². The Bertz CT molecular complexity index is 699. The Morgan fingerprint density at radius 1 is 1.45 bits per heavy atom. The molecule has 116 valence electrons. The van der Waals surface area contributed by atoms with Gasteiger partial charge < -0.3 is 9.88 Å². The van der Waals surface area contributed by atoms with Crippen LogP contribution in [0.4, 0.5) is 5.69 Å². The van der Waals surface area contributed by atoms with Gasteiger partial charge in [-0.2, -0.15) is 0 Å². The number of anilines is 1. The van der Waals surface area contributed by atoms with E-state index in [-0.39, 0.29) is 11.2 Å². The first-order chi connectivity index (χ1) is 10.5. The summed E-state index contributed by atoms with van der Waals surface area (Å²) < 4.78 is 1.99. The second-order valence-corrected chi connectivity index (χ2v) is 7.18. The second-order valence-electron chi connectivity index (χ2n) is 5.43. The lowest BCUT2D eigenvalue weighted by molar-refractivity contribution is -0.115. The molecule has 22 heavy (non-hydrogen) atoms. The molecule has 3 rings (SSSR count). The fourth-order valence-electron chi connectivity index (χ4n) is 2.15. The van der Waals surface area contributed by atoms with Crippen molar-refractivity contribution in [2.24, 2.45) is 7.05 Å². The number of hydrogen-bond acceptors (Lipinski definition) is 4. The number of hydrogen-bond donors (Lipinski definition) is 1. The summed E-state index contributed by atoms with van der Waals surface area (Å²) in [4.78, 5) is 12.3. The van der Waals surface area contributed by atoms with Gasteiger partial charge in [0.2, 0.25) is 5.91 Å². The van der Waals surface area contributed by atoms with Crippen molar-refractivity contribution < 1.29 is 4.79 Å². The number of carbonyl (C=O) groups excluding carboxylic acids is 1. The van der Waals surface area contributed by atoms with Gasteiger partial charge in [-0.05, 0) is 38.0 Å². The van der Waals surface area contributed by atoms with Crippen molar-refractivity contribution in [3.05, 3.63) is 35.1 Å². The van der Waals surface area contributed by atoms with Crippen LogP contribution in [-0.2, 0) is 11.8 Å². The van der Waals surface area contributed by atoms with E-state index in [1.54, 1.807) is 18.2 Å². The summed E-state index contributed by atoms with van der Waals surface area (Å²) in [5, 5.41) is 12.4. The summed E-state index contributed by atoms with van der Waals surface area (Å²) in [5.41, 5.74) is 0.696. The minimum atomic E-state index is -0.270. The molecule has 7 heteroatoms. The van der Waals surface area contributed by atoms with Crippen LogP contribution in [0.5, 0.6) is 0 Å². The van der Waals surface area contributed by atoms with Crippen LogP contribution in [0, 0.1) is 0 Å². The van der Waals surface area contributed by atoms with Crippen LogP contribution in [0.2, 0.25) is 5.02 Å². The van der Waals surface area contributed by atoms with E-state index in [4.69, 9.17) is 11.6 Å². The SMILES string of the molecule is C[C@@H](Sc1nnc(C2CC2)n1C)C(=O)Nc1cccc(Cl)c1. The molecule has 1 amide bonds. The molecule has 0 spiro atoms. The zero-order valence-corrected chi connectivity index (χ0v) is 14.0. The van der Waals surface area contributed by atoms with Gasteiger partial charge in [-0.3, -0.25) is 4.79 Å². The normalized spacial score (nSPS) is 15.6. The Balaban J connectivity index is 1.63. The lowest BCUT2D eigenvalue weighted by atomic mass is 10.3. The van der Waals surface area contributed by atoms with Crippen molar-refractivity contribution in [2.45, 2.75) is 36.1 Å². The Labute approximate surface area is 138 Å². The maximum atomic E-state index is 12.3. The van der Waals surface area contributed by atoms with E-state index in [1.165, 1.54) is 24.6 Å². The standard InChI is InChI=1S/C15H17ClN4OS/c1-9(14(21)17-12-5-3-4-11(16)8-12)22-15-19-18-13(20(15)2)10-6-7-10/h3-5,8-10H,6-7H2,1-2H3,(H,17,21)/t9-/m1/s1. The van der Waals surface area contributed by atoms with E-state index >= 15 is 0 Å². The Morgan fingerprint density at radius 3 is 2.91 bits per heavy atom. The van der Waals surface area contributed by atoms with E-state index in [9.17, 15) is 4.79 Å². The number of halogens is 1. The molecule has 1 saturated carbocycles. The number of nitrogens with zero attached hydrogens (tertiary/aromatic N) is 3. The average Bonchev–Trinajstić information content (AvgIpc) is 3.25. The summed E-state index contributed by atoms with van der Waals surface area (Å²) in [6.45, 7) is 1.86. The fraction of sp³-hybridized carbons (Fsp3) is 0.400. The molecule has 1 atom stereocenters. The molecule has 0 saturated heterocycles. The molecule has 1 aromatic carbocycles. The van der Waals surface area contributed by atoms with Gasteiger partial charge in [-0.25, -0.2) is 0 Å². The molecule has 0 unspecified atom stereocenters. The quantitative estimate of drug-likeness (QED) is 0.849. The van der Waals surface area contributed by atoms with Gasteiger partial charge in [0.05, 0.1) is 5.25 Å². The molecule has 1 N–H and O–H groups in total. The first-order valence-electron chi connectivity index (χ1n) is 7.17. The van der Waals surface area contributed by atoms with Gasteiger partial charge in [0.15, 0.2) is 5.16 Å². The molecule has 0 aliphatic heterocycles. The van der Waals surface area contributed by atoms with Crippen LogP contribution in [0.25, 0.3) is 0 Å². The summed E-state index contributed by atoms with van der Waals surface area (Å²) >= 11 is 7.33. The molecule has 1 aliphatic rings. The number of amides is 1. The molecule has 0 radical (unpaired) electrons. The van der Waals surface area contributed by atoms with Crippen molar-refractivity contribution in [3.63, 3.8) is 0 Å². The van der Waals surface area contributed by atoms with Crippen LogP contribution in [0.15, 0.2) is 29.4 Å². The Kier molecular flexibility index (Phi) is 4.40. The van der Waals surface area contributed by atoms with Crippen LogP contribution in [0.1, 0.15) is 31.5 Å². The second kappa shape index (κ2) is 6.30. The lowest BCUT2D eigenvalue weighted by Crippen LogP contribution is -2.22. The largest absolute Gasteiger partial charge is 0.325 e. The van der Waals surface area contributed by atoms with E-state index in [0.29, 0.717) is 16.6 Å². The van der Waals surface area contributed by atoms with Gasteiger partial charge in [0.25, 0.3) is 0 Å². The minimum Gasteiger partial charge on any atom is -0.325 e. The Morgan fingerprint density at radius 2 is 2.23 bits per heavy atom. The highest BCUT2D eigenvalue weighted by Crippen LogP contribution is 2.39. The van der Waals surface area contributed by atoms with Crippen molar-refractivity contribution in [1.82, 2.24) is 14.8 Å². The van der Waals surface area contributed by atoms with Crippen molar-refractivity contribution >= 4 is 35.0 Å². The third-order valence-corrected chi connectivity index (χ3v) is 4.92. The zero-order chi connectivity index (χ0) is 15.7. The highest BCUT2D eigenvalue weighted by Gasteiger charge is 2.30. The zero-order valence-electron chi connectivity index (χ0n) is 12.4. The summed E-state index contributed by atoms with van der Waals surface area (Å²) in [5.74, 6) is 1.48. The predicted molar refractivity (Wildman–Crippen MR) is 88.4 cm³/mol. The van der Waals surface area contributed by atoms with Gasteiger partial charge in [0.1, 0.15) is 5.82 Å². The topological polar surface area (TPSA) is 59.8 Å². The number of thioether (sulfide) groups is 1. The number of benzene rings is 1. The highest BCUT2D eigenvalue weighted by atomic mass is 35.5. The van der Waals surface area contributed by atoms with Crippen LogP contribution in [0.3, 0.4) is 0 Å². The molecule has 1 heterocycles. The number of aromatic nitrogens is 3. The minimum absolute atomic E-state index is 0.0803. The number of rotatable bonds is 5. The fourth-order valence-corrected chi connectivity index (χ4v) is 3.16. The molecule has 1 aliphatic carbocycles. The average molecular weight is 337 g/mol. The molecule has 2 aromatic rings. The molecule has 1 fully saturated rings. The number of nitrogens with one attached hydrogen (secondary N) is 1. The van der Waals surface area contributed by atoms with Gasteiger partial charge in [-0.15, -0.1) is 10.2 Å². The summed E-state index contributed by atoms with van der Waals surface area (Å²) in [6.07, 6.45) is 2.36. The van der Waals surface area contributed by atoms with Crippen molar-refractivity contribution in [3.8, 4) is 0 Å². The smallest absolute Gasteiger partial charge is 0.237 e. The van der Waals surface area contributed by atoms with E-state index in [2.05, 4.69) is 15.5 Å². The third-order valence-electron chi connectivity index (χ3n) is 3.55. The predicted octanol–water partition coefficient (Wildman–Crippen LogP) is 3.47. The summed E-state index contributed by atoms with van der Waals surface area (Å²) in [6, 6.07) is 7.12. The van der Waals surface area contributed by atoms with Crippen LogP contribution in [-0.4, -0.2) is 25.9 Å². The maximum Gasteiger partial charge on any atom is 0.237 e.